The first-order chi connectivity index (χ1) is 11.5. The molecule has 0 bridgehead atoms. The summed E-state index contributed by atoms with van der Waals surface area (Å²) in [6, 6.07) is 13.2. The summed E-state index contributed by atoms with van der Waals surface area (Å²) in [5.41, 5.74) is 2.35. The third kappa shape index (κ3) is 6.18. The van der Waals surface area contributed by atoms with Crippen LogP contribution in [-0.2, 0) is 16.0 Å². The minimum Gasteiger partial charge on any atom is -0.326 e. The molecule has 0 saturated heterocycles. The third-order valence-electron chi connectivity index (χ3n) is 3.28. The summed E-state index contributed by atoms with van der Waals surface area (Å²) in [4.78, 5) is 22.8. The molecule has 2 aromatic rings. The number of rotatable bonds is 7. The number of hydrogen-bond acceptors (Lipinski definition) is 3. The molecule has 126 valence electrons. The van der Waals surface area contributed by atoms with E-state index in [4.69, 9.17) is 0 Å². The van der Waals surface area contributed by atoms with Crippen LogP contribution in [0.15, 0.2) is 48.5 Å². The van der Waals surface area contributed by atoms with E-state index in [1.807, 2.05) is 0 Å². The fourth-order valence-electron chi connectivity index (χ4n) is 2.13. The molecule has 0 spiro atoms. The lowest BCUT2D eigenvalue weighted by atomic mass is 10.1. The smallest absolute Gasteiger partial charge is 0.238 e. The lowest BCUT2D eigenvalue weighted by molar-refractivity contribution is -0.115. The molecule has 0 aliphatic rings. The van der Waals surface area contributed by atoms with Crippen LogP contribution in [0.25, 0.3) is 0 Å². The second kappa shape index (κ2) is 8.79. The molecule has 0 aliphatic carbocycles. The molecule has 3 N–H and O–H groups in total. The Morgan fingerprint density at radius 3 is 2.08 bits per heavy atom. The van der Waals surface area contributed by atoms with E-state index >= 15 is 0 Å². The highest BCUT2D eigenvalue weighted by Gasteiger charge is 2.03. The summed E-state index contributed by atoms with van der Waals surface area (Å²) >= 11 is 0. The molecule has 6 heteroatoms. The maximum absolute atomic E-state index is 12.8. The fourth-order valence-corrected chi connectivity index (χ4v) is 2.13. The van der Waals surface area contributed by atoms with Crippen LogP contribution in [0.1, 0.15) is 12.5 Å². The number of benzene rings is 2. The van der Waals surface area contributed by atoms with Crippen LogP contribution >= 0.6 is 0 Å². The number of hydrogen-bond donors (Lipinski definition) is 3. The van der Waals surface area contributed by atoms with Crippen molar-refractivity contribution in [1.82, 2.24) is 5.32 Å². The van der Waals surface area contributed by atoms with Gasteiger partial charge in [-0.25, -0.2) is 4.39 Å². The average Bonchev–Trinajstić information content (AvgIpc) is 2.55. The summed E-state index contributed by atoms with van der Waals surface area (Å²) < 4.78 is 12.8. The van der Waals surface area contributed by atoms with Crippen molar-refractivity contribution in [2.24, 2.45) is 0 Å². The zero-order valence-corrected chi connectivity index (χ0v) is 13.4. The van der Waals surface area contributed by atoms with Gasteiger partial charge in [-0.05, 0) is 54.9 Å². The lowest BCUT2D eigenvalue weighted by Crippen LogP contribution is -2.29. The van der Waals surface area contributed by atoms with Crippen LogP contribution in [0.4, 0.5) is 15.8 Å². The number of amides is 2. The Morgan fingerprint density at radius 1 is 0.917 bits per heavy atom. The highest BCUT2D eigenvalue weighted by molar-refractivity contribution is 5.93. The standard InChI is InChI=1S/C18H20FN3O2/c1-13(23)21-16-6-8-17(9-7-16)22-18(24)12-20-11-10-14-2-4-15(19)5-3-14/h2-9,20H,10-12H2,1H3,(H,21,23)(H,22,24). The number of carbonyl (C=O) groups excluding carboxylic acids is 2. The van der Waals surface area contributed by atoms with Crippen LogP contribution in [-0.4, -0.2) is 24.9 Å². The quantitative estimate of drug-likeness (QED) is 0.684. The molecule has 0 unspecified atom stereocenters. The van der Waals surface area contributed by atoms with Crippen LogP contribution in [0.2, 0.25) is 0 Å². The normalized spacial score (nSPS) is 10.2. The van der Waals surface area contributed by atoms with Crippen LogP contribution in [0.5, 0.6) is 0 Å². The number of carbonyl (C=O) groups is 2. The first-order valence-corrected chi connectivity index (χ1v) is 7.65. The molecule has 0 aromatic heterocycles. The van der Waals surface area contributed by atoms with Gasteiger partial charge in [0.25, 0.3) is 0 Å². The first-order valence-electron chi connectivity index (χ1n) is 7.65. The maximum Gasteiger partial charge on any atom is 0.238 e. The Bertz CT molecular complexity index is 684. The minimum absolute atomic E-state index is 0.142. The molecule has 2 aromatic carbocycles. The van der Waals surface area contributed by atoms with Crippen molar-refractivity contribution in [3.05, 3.63) is 59.9 Å². The Labute approximate surface area is 140 Å². The molecule has 0 atom stereocenters. The van der Waals surface area contributed by atoms with E-state index in [1.54, 1.807) is 36.4 Å². The van der Waals surface area contributed by atoms with Gasteiger partial charge in [0.1, 0.15) is 5.82 Å². The van der Waals surface area contributed by atoms with Crippen molar-refractivity contribution in [2.75, 3.05) is 23.7 Å². The maximum atomic E-state index is 12.8. The summed E-state index contributed by atoms with van der Waals surface area (Å²) in [5, 5.41) is 8.47. The van der Waals surface area contributed by atoms with E-state index in [0.29, 0.717) is 17.9 Å². The van der Waals surface area contributed by atoms with Gasteiger partial charge in [-0.1, -0.05) is 12.1 Å². The zero-order chi connectivity index (χ0) is 17.4. The molecular formula is C18H20FN3O2. The molecule has 5 nitrogen and oxygen atoms in total. The number of halogens is 1. The Kier molecular flexibility index (Phi) is 6.45. The Hall–Kier alpha value is -2.73. The van der Waals surface area contributed by atoms with E-state index in [-0.39, 0.29) is 24.2 Å². The van der Waals surface area contributed by atoms with Crippen molar-refractivity contribution >= 4 is 23.2 Å². The van der Waals surface area contributed by atoms with Crippen molar-refractivity contribution in [3.8, 4) is 0 Å². The van der Waals surface area contributed by atoms with Gasteiger partial charge >= 0.3 is 0 Å². The molecule has 24 heavy (non-hydrogen) atoms. The molecule has 0 heterocycles. The molecular weight excluding hydrogens is 309 g/mol. The van der Waals surface area contributed by atoms with E-state index in [2.05, 4.69) is 16.0 Å². The van der Waals surface area contributed by atoms with Gasteiger partial charge in [-0.3, -0.25) is 9.59 Å². The van der Waals surface area contributed by atoms with Crippen molar-refractivity contribution in [2.45, 2.75) is 13.3 Å². The van der Waals surface area contributed by atoms with Crippen LogP contribution in [0.3, 0.4) is 0 Å². The third-order valence-corrected chi connectivity index (χ3v) is 3.28. The first kappa shape index (κ1) is 17.6. The van der Waals surface area contributed by atoms with Gasteiger partial charge in [0.15, 0.2) is 0 Å². The number of nitrogens with one attached hydrogen (secondary N) is 3. The lowest BCUT2D eigenvalue weighted by Gasteiger charge is -2.08. The van der Waals surface area contributed by atoms with Crippen molar-refractivity contribution in [3.63, 3.8) is 0 Å². The predicted molar refractivity (Wildman–Crippen MR) is 92.3 cm³/mol. The average molecular weight is 329 g/mol. The van der Waals surface area contributed by atoms with E-state index in [1.165, 1.54) is 19.1 Å². The second-order valence-electron chi connectivity index (χ2n) is 5.36. The molecule has 0 saturated carbocycles. The van der Waals surface area contributed by atoms with Gasteiger partial charge in [0.2, 0.25) is 11.8 Å². The Morgan fingerprint density at radius 2 is 1.50 bits per heavy atom. The van der Waals surface area contributed by atoms with Gasteiger partial charge < -0.3 is 16.0 Å². The Balaban J connectivity index is 1.69. The summed E-state index contributed by atoms with van der Waals surface area (Å²) in [5.74, 6) is -0.547. The fraction of sp³-hybridized carbons (Fsp3) is 0.222. The predicted octanol–water partition coefficient (Wildman–Crippen LogP) is 2.55. The summed E-state index contributed by atoms with van der Waals surface area (Å²) in [6.45, 7) is 2.25. The summed E-state index contributed by atoms with van der Waals surface area (Å²) in [6.07, 6.45) is 0.721. The highest BCUT2D eigenvalue weighted by Crippen LogP contribution is 2.13. The van der Waals surface area contributed by atoms with Crippen molar-refractivity contribution < 1.29 is 14.0 Å². The van der Waals surface area contributed by atoms with E-state index < -0.39 is 0 Å². The molecule has 0 aliphatic heterocycles. The second-order valence-corrected chi connectivity index (χ2v) is 5.36. The van der Waals surface area contributed by atoms with E-state index in [0.717, 1.165) is 12.0 Å². The van der Waals surface area contributed by atoms with E-state index in [9.17, 15) is 14.0 Å². The van der Waals surface area contributed by atoms with Crippen LogP contribution in [0, 0.1) is 5.82 Å². The van der Waals surface area contributed by atoms with Gasteiger partial charge in [-0.15, -0.1) is 0 Å². The van der Waals surface area contributed by atoms with Crippen LogP contribution < -0.4 is 16.0 Å². The molecule has 2 amide bonds. The van der Waals surface area contributed by atoms with Gasteiger partial charge in [-0.2, -0.15) is 0 Å². The molecule has 0 fully saturated rings. The zero-order valence-electron chi connectivity index (χ0n) is 13.4. The number of anilines is 2. The molecule has 0 radical (unpaired) electrons. The highest BCUT2D eigenvalue weighted by atomic mass is 19.1. The van der Waals surface area contributed by atoms with Crippen molar-refractivity contribution in [1.29, 1.82) is 0 Å². The minimum atomic E-state index is -0.254. The van der Waals surface area contributed by atoms with Gasteiger partial charge in [0, 0.05) is 18.3 Å². The topological polar surface area (TPSA) is 70.2 Å². The SMILES string of the molecule is CC(=O)Nc1ccc(NC(=O)CNCCc2ccc(F)cc2)cc1. The molecule has 2 rings (SSSR count). The van der Waals surface area contributed by atoms with Gasteiger partial charge in [0.05, 0.1) is 6.54 Å². The summed E-state index contributed by atoms with van der Waals surface area (Å²) in [7, 11) is 0. The largest absolute Gasteiger partial charge is 0.326 e. The monoisotopic (exact) mass is 329 g/mol.